The molecule has 0 aliphatic rings. The first-order valence-electron chi connectivity index (χ1n) is 5.77. The predicted molar refractivity (Wildman–Crippen MR) is 80.9 cm³/mol. The molecule has 0 unspecified atom stereocenters. The fourth-order valence-corrected chi connectivity index (χ4v) is 2.46. The summed E-state index contributed by atoms with van der Waals surface area (Å²) in [5.41, 5.74) is 1.07. The molecule has 1 aromatic rings. The third kappa shape index (κ3) is 4.68. The summed E-state index contributed by atoms with van der Waals surface area (Å²) in [5.74, 6) is 0. The third-order valence-corrected chi connectivity index (χ3v) is 3.56. The van der Waals surface area contributed by atoms with Crippen LogP contribution in [0.1, 0.15) is 5.56 Å². The highest BCUT2D eigenvalue weighted by Crippen LogP contribution is 2.13. The van der Waals surface area contributed by atoms with Gasteiger partial charge in [-0.3, -0.25) is 0 Å². The largest absolute Gasteiger partial charge is 0.387 e. The highest BCUT2D eigenvalue weighted by atomic mass is 127. The minimum Gasteiger partial charge on any atom is -0.387 e. The van der Waals surface area contributed by atoms with Crippen molar-refractivity contribution in [3.8, 4) is 0 Å². The number of aliphatic hydroxyl groups excluding tert-OH is 1. The number of hydrogen-bond donors (Lipinski definition) is 1. The van der Waals surface area contributed by atoms with Gasteiger partial charge in [0.05, 0.1) is 12.7 Å². The average molecular weight is 362 g/mol. The fourth-order valence-electron chi connectivity index (χ4n) is 1.58. The van der Waals surface area contributed by atoms with Crippen molar-refractivity contribution in [3.05, 3.63) is 48.6 Å². The van der Waals surface area contributed by atoms with Crippen LogP contribution in [-0.4, -0.2) is 35.0 Å². The molecule has 3 nitrogen and oxygen atoms in total. The van der Waals surface area contributed by atoms with Crippen LogP contribution in [0.4, 0.5) is 0 Å². The number of ether oxygens (including phenoxy) is 2. The van der Waals surface area contributed by atoms with Crippen LogP contribution in [0, 0.1) is 0 Å². The van der Waals surface area contributed by atoms with Gasteiger partial charge in [-0.25, -0.2) is 0 Å². The molecule has 0 aliphatic carbocycles. The van der Waals surface area contributed by atoms with Crippen molar-refractivity contribution in [1.82, 2.24) is 0 Å². The zero-order valence-electron chi connectivity index (χ0n) is 10.5. The van der Waals surface area contributed by atoms with Crippen molar-refractivity contribution in [2.75, 3.05) is 11.5 Å². The van der Waals surface area contributed by atoms with Gasteiger partial charge >= 0.3 is 0 Å². The first kappa shape index (κ1) is 15.6. The van der Waals surface area contributed by atoms with Crippen LogP contribution >= 0.6 is 22.6 Å². The molecule has 0 saturated carbocycles. The molecule has 3 atom stereocenters. The van der Waals surface area contributed by atoms with Crippen LogP contribution in [0.3, 0.4) is 0 Å². The number of aliphatic hydroxyl groups is 1. The molecule has 0 aliphatic heterocycles. The second-order valence-corrected chi connectivity index (χ2v) is 4.80. The highest BCUT2D eigenvalue weighted by Gasteiger charge is 2.25. The molecule has 1 aromatic carbocycles. The van der Waals surface area contributed by atoms with E-state index < -0.39 is 12.2 Å². The van der Waals surface area contributed by atoms with E-state index in [-0.39, 0.29) is 6.10 Å². The number of halogens is 1. The summed E-state index contributed by atoms with van der Waals surface area (Å²) in [7, 11) is 1.59. The van der Waals surface area contributed by atoms with Crippen LogP contribution in [-0.2, 0) is 16.1 Å². The van der Waals surface area contributed by atoms with Crippen LogP contribution in [0.25, 0.3) is 0 Å². The Labute approximate surface area is 122 Å². The lowest BCUT2D eigenvalue weighted by Crippen LogP contribution is -2.40. The minimum absolute atomic E-state index is 0.246. The number of benzene rings is 1. The summed E-state index contributed by atoms with van der Waals surface area (Å²) in [6, 6.07) is 9.85. The molecule has 0 aromatic heterocycles. The molecule has 100 valence electrons. The second-order valence-electron chi connectivity index (χ2n) is 3.92. The molecule has 0 amide bonds. The third-order valence-electron chi connectivity index (χ3n) is 2.69. The molecule has 18 heavy (non-hydrogen) atoms. The summed E-state index contributed by atoms with van der Waals surface area (Å²) >= 11 is 2.18. The normalized spacial score (nSPS) is 15.9. The lowest BCUT2D eigenvalue weighted by atomic mass is 10.1. The molecule has 1 rings (SSSR count). The van der Waals surface area contributed by atoms with Crippen molar-refractivity contribution >= 4 is 22.6 Å². The zero-order chi connectivity index (χ0) is 13.4. The molecule has 4 heteroatoms. The van der Waals surface area contributed by atoms with Gasteiger partial charge in [-0.2, -0.15) is 0 Å². The summed E-state index contributed by atoms with van der Waals surface area (Å²) in [6.45, 7) is 4.15. The van der Waals surface area contributed by atoms with Crippen molar-refractivity contribution in [3.63, 3.8) is 0 Å². The molecule has 0 bridgehead atoms. The van der Waals surface area contributed by atoms with E-state index >= 15 is 0 Å². The van der Waals surface area contributed by atoms with Gasteiger partial charge in [-0.05, 0) is 5.56 Å². The van der Waals surface area contributed by atoms with Crippen LogP contribution < -0.4 is 0 Å². The topological polar surface area (TPSA) is 38.7 Å². The first-order chi connectivity index (χ1) is 8.72. The molecule has 0 radical (unpaired) electrons. The lowest BCUT2D eigenvalue weighted by molar-refractivity contribution is -0.0789. The Hall–Kier alpha value is -0.430. The summed E-state index contributed by atoms with van der Waals surface area (Å²) < 4.78 is 11.6. The zero-order valence-corrected chi connectivity index (χ0v) is 12.6. The van der Waals surface area contributed by atoms with Crippen LogP contribution in [0.15, 0.2) is 43.0 Å². The minimum atomic E-state index is -0.701. The first-order valence-corrected chi connectivity index (χ1v) is 7.30. The summed E-state index contributed by atoms with van der Waals surface area (Å²) in [6.07, 6.45) is 0.244. The maximum absolute atomic E-state index is 10.1. The van der Waals surface area contributed by atoms with E-state index in [1.165, 1.54) is 0 Å². The quantitative estimate of drug-likeness (QED) is 0.439. The molecule has 1 N–H and O–H groups in total. The van der Waals surface area contributed by atoms with E-state index in [9.17, 15) is 5.11 Å². The Balaban J connectivity index is 2.54. The van der Waals surface area contributed by atoms with Gasteiger partial charge in [0.15, 0.2) is 0 Å². The van der Waals surface area contributed by atoms with E-state index in [1.54, 1.807) is 13.2 Å². The van der Waals surface area contributed by atoms with Gasteiger partial charge in [0, 0.05) is 11.5 Å². The molecule has 0 saturated heterocycles. The Bertz CT molecular complexity index is 338. The number of rotatable bonds is 8. The maximum Gasteiger partial charge on any atom is 0.111 e. The Morgan fingerprint density at radius 2 is 2.06 bits per heavy atom. The predicted octanol–water partition coefficient (Wildman–Crippen LogP) is 2.57. The second kappa shape index (κ2) is 8.63. The monoisotopic (exact) mass is 362 g/mol. The molecule has 0 heterocycles. The maximum atomic E-state index is 10.1. The number of hydrogen-bond acceptors (Lipinski definition) is 3. The Morgan fingerprint density at radius 3 is 2.56 bits per heavy atom. The van der Waals surface area contributed by atoms with E-state index in [4.69, 9.17) is 9.47 Å². The summed E-state index contributed by atoms with van der Waals surface area (Å²) in [5, 5.41) is 10.1. The van der Waals surface area contributed by atoms with Crippen molar-refractivity contribution in [2.24, 2.45) is 0 Å². The van der Waals surface area contributed by atoms with Crippen molar-refractivity contribution in [1.29, 1.82) is 0 Å². The van der Waals surface area contributed by atoms with Crippen LogP contribution in [0.2, 0.25) is 0 Å². The van der Waals surface area contributed by atoms with Gasteiger partial charge in [0.2, 0.25) is 0 Å². The smallest absolute Gasteiger partial charge is 0.111 e. The van der Waals surface area contributed by atoms with Gasteiger partial charge < -0.3 is 14.6 Å². The van der Waals surface area contributed by atoms with Gasteiger partial charge in [-0.1, -0.05) is 59.0 Å². The fraction of sp³-hybridized carbons (Fsp3) is 0.429. The van der Waals surface area contributed by atoms with Gasteiger partial charge in [0.1, 0.15) is 12.2 Å². The highest BCUT2D eigenvalue weighted by molar-refractivity contribution is 14.1. The molecule has 0 spiro atoms. The molecular weight excluding hydrogens is 343 g/mol. The van der Waals surface area contributed by atoms with Crippen LogP contribution in [0.5, 0.6) is 0 Å². The molecule has 0 fully saturated rings. The average Bonchev–Trinajstić information content (AvgIpc) is 2.42. The van der Waals surface area contributed by atoms with E-state index in [0.29, 0.717) is 11.0 Å². The van der Waals surface area contributed by atoms with Gasteiger partial charge in [-0.15, -0.1) is 6.58 Å². The van der Waals surface area contributed by atoms with E-state index in [1.807, 2.05) is 30.3 Å². The molecular formula is C14H19IO3. The summed E-state index contributed by atoms with van der Waals surface area (Å²) in [4.78, 5) is 0. The Kier molecular flexibility index (Phi) is 7.50. The number of alkyl halides is 1. The van der Waals surface area contributed by atoms with E-state index in [2.05, 4.69) is 29.2 Å². The SMILES string of the molecule is C=C[C@H](OCc1ccccc1)[C@@H](O)[C@@H](CI)OC. The standard InChI is InChI=1S/C14H19IO3/c1-3-12(14(16)13(9-15)17-2)18-10-11-7-5-4-6-8-11/h3-8,12-14,16H,1,9-10H2,2H3/t12-,13+,14+/m0/s1. The Morgan fingerprint density at radius 1 is 1.39 bits per heavy atom. The number of methoxy groups -OCH3 is 1. The van der Waals surface area contributed by atoms with Crippen molar-refractivity contribution in [2.45, 2.75) is 24.9 Å². The van der Waals surface area contributed by atoms with E-state index in [0.717, 1.165) is 5.56 Å². The van der Waals surface area contributed by atoms with Gasteiger partial charge in [0.25, 0.3) is 0 Å². The van der Waals surface area contributed by atoms with Crippen molar-refractivity contribution < 1.29 is 14.6 Å². The lowest BCUT2D eigenvalue weighted by Gasteiger charge is -2.26.